The number of nitrogens with two attached hydrogens (primary N) is 1. The summed E-state index contributed by atoms with van der Waals surface area (Å²) in [5, 5.41) is 0. The number of rotatable bonds is 4. The van der Waals surface area contributed by atoms with Crippen molar-refractivity contribution in [2.45, 2.75) is 25.4 Å². The van der Waals surface area contributed by atoms with Crippen molar-refractivity contribution < 1.29 is 8.78 Å². The summed E-state index contributed by atoms with van der Waals surface area (Å²) in [6.45, 7) is 4.82. The minimum absolute atomic E-state index is 0.106. The predicted molar refractivity (Wildman–Crippen MR) is 76.4 cm³/mol. The van der Waals surface area contributed by atoms with Crippen LogP contribution in [-0.2, 0) is 0 Å². The van der Waals surface area contributed by atoms with E-state index in [-0.39, 0.29) is 18.2 Å². The second kappa shape index (κ2) is 6.61. The van der Waals surface area contributed by atoms with Crippen molar-refractivity contribution in [2.24, 2.45) is 5.73 Å². The minimum Gasteiger partial charge on any atom is -0.329 e. The van der Waals surface area contributed by atoms with Crippen LogP contribution in [0, 0.1) is 11.6 Å². The molecule has 1 aliphatic heterocycles. The summed E-state index contributed by atoms with van der Waals surface area (Å²) >= 11 is 0. The second-order valence-corrected chi connectivity index (χ2v) is 5.42. The van der Waals surface area contributed by atoms with Crippen LogP contribution in [-0.4, -0.2) is 49.1 Å². The summed E-state index contributed by atoms with van der Waals surface area (Å²) in [6.07, 6.45) is 1.02. The highest BCUT2D eigenvalue weighted by molar-refractivity contribution is 5.24. The molecule has 0 aromatic heterocycles. The summed E-state index contributed by atoms with van der Waals surface area (Å²) in [4.78, 5) is 4.40. The summed E-state index contributed by atoms with van der Waals surface area (Å²) < 4.78 is 27.9. The Kier molecular flexibility index (Phi) is 5.07. The molecule has 1 fully saturated rings. The van der Waals surface area contributed by atoms with E-state index in [0.717, 1.165) is 26.1 Å². The van der Waals surface area contributed by atoms with Crippen LogP contribution in [0.15, 0.2) is 18.2 Å². The highest BCUT2D eigenvalue weighted by Crippen LogP contribution is 2.27. The Morgan fingerprint density at radius 2 is 1.95 bits per heavy atom. The van der Waals surface area contributed by atoms with E-state index < -0.39 is 11.6 Å². The number of nitrogens with zero attached hydrogens (tertiary/aromatic N) is 2. The standard InChI is InChI=1S/C15H23F2N3/c1-3-11-10-20(8-7-19(11)2)14(9-18)15-12(16)5-4-6-13(15)17/h4-6,11,14H,3,7-10,18H2,1-2H3. The van der Waals surface area contributed by atoms with Gasteiger partial charge in [0.25, 0.3) is 0 Å². The Labute approximate surface area is 119 Å². The first-order chi connectivity index (χ1) is 9.58. The summed E-state index contributed by atoms with van der Waals surface area (Å²) in [6, 6.07) is 4.01. The van der Waals surface area contributed by atoms with Crippen molar-refractivity contribution in [3.8, 4) is 0 Å². The Morgan fingerprint density at radius 1 is 1.30 bits per heavy atom. The summed E-state index contributed by atoms with van der Waals surface area (Å²) in [5.74, 6) is -1.01. The topological polar surface area (TPSA) is 32.5 Å². The molecule has 1 saturated heterocycles. The van der Waals surface area contributed by atoms with Crippen LogP contribution in [0.25, 0.3) is 0 Å². The zero-order valence-corrected chi connectivity index (χ0v) is 12.1. The summed E-state index contributed by atoms with van der Waals surface area (Å²) in [5.41, 5.74) is 5.91. The van der Waals surface area contributed by atoms with Crippen molar-refractivity contribution in [1.29, 1.82) is 0 Å². The average Bonchev–Trinajstić information content (AvgIpc) is 2.44. The van der Waals surface area contributed by atoms with E-state index in [1.807, 2.05) is 0 Å². The van der Waals surface area contributed by atoms with Crippen LogP contribution < -0.4 is 5.73 Å². The third-order valence-corrected chi connectivity index (χ3v) is 4.28. The maximum atomic E-state index is 14.0. The van der Waals surface area contributed by atoms with Gasteiger partial charge in [0.2, 0.25) is 0 Å². The predicted octanol–water partition coefficient (Wildman–Crippen LogP) is 1.99. The van der Waals surface area contributed by atoms with Gasteiger partial charge in [0.15, 0.2) is 0 Å². The van der Waals surface area contributed by atoms with Gasteiger partial charge in [-0.25, -0.2) is 8.78 Å². The van der Waals surface area contributed by atoms with Crippen LogP contribution in [0.5, 0.6) is 0 Å². The number of hydrogen-bond donors (Lipinski definition) is 1. The van der Waals surface area contributed by atoms with Crippen LogP contribution in [0.1, 0.15) is 24.9 Å². The SMILES string of the molecule is CCC1CN(C(CN)c2c(F)cccc2F)CCN1C. The molecule has 1 aromatic rings. The second-order valence-electron chi connectivity index (χ2n) is 5.42. The van der Waals surface area contributed by atoms with E-state index in [0.29, 0.717) is 6.04 Å². The minimum atomic E-state index is -0.507. The molecule has 0 spiro atoms. The van der Waals surface area contributed by atoms with Crippen LogP contribution >= 0.6 is 0 Å². The normalized spacial score (nSPS) is 22.9. The first kappa shape index (κ1) is 15.4. The molecular weight excluding hydrogens is 260 g/mol. The first-order valence-corrected chi connectivity index (χ1v) is 7.16. The Bertz CT molecular complexity index is 432. The van der Waals surface area contributed by atoms with Crippen LogP contribution in [0.2, 0.25) is 0 Å². The van der Waals surface area contributed by atoms with Crippen molar-refractivity contribution in [1.82, 2.24) is 9.80 Å². The van der Waals surface area contributed by atoms with Gasteiger partial charge in [0.05, 0.1) is 6.04 Å². The van der Waals surface area contributed by atoms with E-state index in [2.05, 4.69) is 23.8 Å². The van der Waals surface area contributed by atoms with E-state index >= 15 is 0 Å². The van der Waals surface area contributed by atoms with E-state index in [1.54, 1.807) is 0 Å². The molecule has 0 bridgehead atoms. The number of hydrogen-bond acceptors (Lipinski definition) is 3. The molecule has 2 atom stereocenters. The molecule has 0 aliphatic carbocycles. The lowest BCUT2D eigenvalue weighted by molar-refractivity contribution is 0.0621. The third-order valence-electron chi connectivity index (χ3n) is 4.28. The lowest BCUT2D eigenvalue weighted by Crippen LogP contribution is -2.53. The van der Waals surface area contributed by atoms with Gasteiger partial charge in [-0.2, -0.15) is 0 Å². The van der Waals surface area contributed by atoms with Gasteiger partial charge >= 0.3 is 0 Å². The molecule has 3 nitrogen and oxygen atoms in total. The molecular formula is C15H23F2N3. The number of benzene rings is 1. The van der Waals surface area contributed by atoms with E-state index in [9.17, 15) is 8.78 Å². The third kappa shape index (κ3) is 3.00. The number of likely N-dealkylation sites (N-methyl/N-ethyl adjacent to an activating group) is 1. The van der Waals surface area contributed by atoms with Gasteiger partial charge in [-0.3, -0.25) is 4.90 Å². The van der Waals surface area contributed by atoms with Crippen molar-refractivity contribution in [3.05, 3.63) is 35.4 Å². The van der Waals surface area contributed by atoms with Crippen LogP contribution in [0.4, 0.5) is 8.78 Å². The fourth-order valence-corrected chi connectivity index (χ4v) is 2.97. The van der Waals surface area contributed by atoms with Gasteiger partial charge in [0.1, 0.15) is 11.6 Å². The Morgan fingerprint density at radius 3 is 2.50 bits per heavy atom. The molecule has 1 heterocycles. The molecule has 0 radical (unpaired) electrons. The Hall–Kier alpha value is -1.04. The Balaban J connectivity index is 2.24. The molecule has 20 heavy (non-hydrogen) atoms. The first-order valence-electron chi connectivity index (χ1n) is 7.16. The van der Waals surface area contributed by atoms with E-state index in [4.69, 9.17) is 5.73 Å². The number of halogens is 2. The fourth-order valence-electron chi connectivity index (χ4n) is 2.97. The zero-order chi connectivity index (χ0) is 14.7. The van der Waals surface area contributed by atoms with Gasteiger partial charge < -0.3 is 10.6 Å². The van der Waals surface area contributed by atoms with Gasteiger partial charge in [-0.15, -0.1) is 0 Å². The van der Waals surface area contributed by atoms with Crippen molar-refractivity contribution in [2.75, 3.05) is 33.2 Å². The quantitative estimate of drug-likeness (QED) is 0.917. The van der Waals surface area contributed by atoms with Gasteiger partial charge in [-0.1, -0.05) is 13.0 Å². The number of piperazine rings is 1. The largest absolute Gasteiger partial charge is 0.329 e. The summed E-state index contributed by atoms with van der Waals surface area (Å²) in [7, 11) is 2.09. The molecule has 1 aromatic carbocycles. The van der Waals surface area contributed by atoms with Crippen molar-refractivity contribution >= 4 is 0 Å². The molecule has 2 unspecified atom stereocenters. The highest BCUT2D eigenvalue weighted by Gasteiger charge is 2.30. The molecule has 0 saturated carbocycles. The zero-order valence-electron chi connectivity index (χ0n) is 12.1. The highest BCUT2D eigenvalue weighted by atomic mass is 19.1. The lowest BCUT2D eigenvalue weighted by Gasteiger charge is -2.42. The smallest absolute Gasteiger partial charge is 0.130 e. The molecule has 112 valence electrons. The van der Waals surface area contributed by atoms with Gasteiger partial charge in [0, 0.05) is 37.8 Å². The lowest BCUT2D eigenvalue weighted by atomic mass is 10.0. The molecule has 2 rings (SSSR count). The maximum Gasteiger partial charge on any atom is 0.130 e. The molecule has 0 amide bonds. The fraction of sp³-hybridized carbons (Fsp3) is 0.600. The average molecular weight is 283 g/mol. The van der Waals surface area contributed by atoms with Crippen molar-refractivity contribution in [3.63, 3.8) is 0 Å². The molecule has 1 aliphatic rings. The molecule has 5 heteroatoms. The van der Waals surface area contributed by atoms with Crippen LogP contribution in [0.3, 0.4) is 0 Å². The maximum absolute atomic E-state index is 14.0. The van der Waals surface area contributed by atoms with Gasteiger partial charge in [-0.05, 0) is 25.6 Å². The van der Waals surface area contributed by atoms with E-state index in [1.165, 1.54) is 18.2 Å². The molecule has 2 N–H and O–H groups in total. The monoisotopic (exact) mass is 283 g/mol.